The number of carbonyl (C=O) groups excluding carboxylic acids is 8. The van der Waals surface area contributed by atoms with Gasteiger partial charge in [0.25, 0.3) is 23.6 Å². The van der Waals surface area contributed by atoms with Crippen molar-refractivity contribution in [2.75, 3.05) is 0 Å². The number of rotatable bonds is 4. The lowest BCUT2D eigenvalue weighted by atomic mass is 9.96. The van der Waals surface area contributed by atoms with E-state index in [1.165, 1.54) is 27.7 Å². The maximum Gasteiger partial charge on any atom is 0.303 e. The van der Waals surface area contributed by atoms with Crippen LogP contribution in [0.15, 0.2) is 109 Å². The van der Waals surface area contributed by atoms with E-state index >= 15 is 0 Å². The fourth-order valence-electron chi connectivity index (χ4n) is 12.6. The number of aromatic amines is 2. The standard InChI is InChI=1S/C29H23N3O7.C29H21N3O5/c1-12(33)31-28(37)22-20-14-7-3-5-9-16(14)30-24(20)25-21(23(22)29(31)38)15-8-4-6-10-17(15)32(25)18-11-19(39-13(2)34)27(36)26(18)35;1-14(33)31-28(35)24-22-18-7-3-5-9-20(18)30-26(22)27-23(25(24)29(31)36)19-8-4-6-10-21(19)32(27)16-11-12-17(13-16)37-15(2)34/h3-10,18-19,26-27,30,35-36H,11H2,1-2H3;3-12,16-17,30H,13H2,1-2H3/t18?,19-,26-,27+;16?,17-/m01/s1. The number of amides is 6. The minimum Gasteiger partial charge on any atom is -0.460 e. The van der Waals surface area contributed by atoms with Crippen LogP contribution in [0.5, 0.6) is 0 Å². The highest BCUT2D eigenvalue weighted by Crippen LogP contribution is 2.50. The average Bonchev–Trinajstić information content (AvgIpc) is 4.42. The van der Waals surface area contributed by atoms with Crippen molar-refractivity contribution in [2.45, 2.75) is 77.0 Å². The molecule has 2 aliphatic heterocycles. The molecule has 14 rings (SSSR count). The SMILES string of the molecule is CC(=O)O[C@@H]1C=CC(n2c3ccccc3c3c4c(c5c6ccccc6[nH]c5c32)C(=O)N(C(C)=O)C4=O)C1.CC(=O)O[C@H]1CC(n2c3ccccc3c3c4c(c5c6ccccc6[nH]c5c32)C(=O)N(C(C)=O)C4=O)[C@H](O)[C@@H]1O. The molecule has 0 spiro atoms. The third-order valence-electron chi connectivity index (χ3n) is 15.4. The van der Waals surface area contributed by atoms with Gasteiger partial charge in [0, 0.05) is 106 Å². The molecular formula is C58H44N6O12. The Balaban J connectivity index is 0.000000146. The fraction of sp³-hybridized carbons (Fsp3) is 0.207. The van der Waals surface area contributed by atoms with Crippen LogP contribution in [0.2, 0.25) is 0 Å². The molecule has 378 valence electrons. The minimum absolute atomic E-state index is 0.126. The molecule has 18 nitrogen and oxygen atoms in total. The molecule has 10 aromatic rings. The topological polar surface area (TPSA) is 243 Å². The van der Waals surface area contributed by atoms with Gasteiger partial charge in [-0.3, -0.25) is 38.4 Å². The number of allylic oxidation sites excluding steroid dienone is 1. The van der Waals surface area contributed by atoms with Crippen molar-refractivity contribution in [1.82, 2.24) is 28.9 Å². The summed E-state index contributed by atoms with van der Waals surface area (Å²) >= 11 is 0. The molecule has 2 unspecified atom stereocenters. The van der Waals surface area contributed by atoms with E-state index in [4.69, 9.17) is 9.47 Å². The first kappa shape index (κ1) is 46.5. The normalized spacial score (nSPS) is 21.1. The fourth-order valence-corrected chi connectivity index (χ4v) is 12.6. The number of nitrogens with one attached hydrogen (secondary N) is 2. The van der Waals surface area contributed by atoms with Crippen molar-refractivity contribution in [1.29, 1.82) is 0 Å². The lowest BCUT2D eigenvalue weighted by Crippen LogP contribution is -2.34. The van der Waals surface area contributed by atoms with E-state index < -0.39 is 65.8 Å². The summed E-state index contributed by atoms with van der Waals surface area (Å²) in [5.41, 5.74) is 6.48. The molecule has 1 saturated carbocycles. The van der Waals surface area contributed by atoms with Crippen molar-refractivity contribution in [3.8, 4) is 0 Å². The molecule has 18 heteroatoms. The Morgan fingerprint density at radius 2 is 0.921 bits per heavy atom. The van der Waals surface area contributed by atoms with Crippen molar-refractivity contribution in [3.05, 3.63) is 131 Å². The summed E-state index contributed by atoms with van der Waals surface area (Å²) in [6, 6.07) is 29.1. The minimum atomic E-state index is -1.32. The molecule has 76 heavy (non-hydrogen) atoms. The van der Waals surface area contributed by atoms with Gasteiger partial charge < -0.3 is 38.8 Å². The van der Waals surface area contributed by atoms with Crippen molar-refractivity contribution >= 4 is 135 Å². The Bertz CT molecular complexity index is 4400. The van der Waals surface area contributed by atoms with Gasteiger partial charge in [0.05, 0.1) is 56.4 Å². The molecule has 6 heterocycles. The number of aromatic nitrogens is 4. The molecule has 4 N–H and O–H groups in total. The van der Waals surface area contributed by atoms with Gasteiger partial charge in [0.1, 0.15) is 24.4 Å². The van der Waals surface area contributed by atoms with Crippen LogP contribution in [0, 0.1) is 0 Å². The van der Waals surface area contributed by atoms with Gasteiger partial charge in [0.2, 0.25) is 11.8 Å². The number of benzene rings is 6. The summed E-state index contributed by atoms with van der Waals surface area (Å²) in [6.45, 7) is 5.04. The van der Waals surface area contributed by atoms with E-state index in [2.05, 4.69) is 14.5 Å². The highest BCUT2D eigenvalue weighted by molar-refractivity contribution is 6.43. The number of fused-ring (bicyclic) bond motifs is 20. The van der Waals surface area contributed by atoms with E-state index in [0.29, 0.717) is 60.2 Å². The smallest absolute Gasteiger partial charge is 0.303 e. The lowest BCUT2D eigenvalue weighted by Gasteiger charge is -2.20. The quantitative estimate of drug-likeness (QED) is 0.0741. The molecule has 6 aromatic carbocycles. The number of para-hydroxylation sites is 4. The zero-order valence-electron chi connectivity index (χ0n) is 41.0. The van der Waals surface area contributed by atoms with Gasteiger partial charge in [0.15, 0.2) is 0 Å². The van der Waals surface area contributed by atoms with Gasteiger partial charge >= 0.3 is 11.9 Å². The zero-order valence-corrected chi connectivity index (χ0v) is 41.0. The van der Waals surface area contributed by atoms with Gasteiger partial charge in [-0.05, 0) is 30.3 Å². The third kappa shape index (κ3) is 6.34. The van der Waals surface area contributed by atoms with Gasteiger partial charge in [-0.1, -0.05) is 78.9 Å². The summed E-state index contributed by atoms with van der Waals surface area (Å²) in [6.07, 6.45) is 0.668. The summed E-state index contributed by atoms with van der Waals surface area (Å²) in [5, 5.41) is 27.2. The summed E-state index contributed by atoms with van der Waals surface area (Å²) < 4.78 is 14.8. The predicted octanol–water partition coefficient (Wildman–Crippen LogP) is 8.17. The van der Waals surface area contributed by atoms with Crippen molar-refractivity contribution in [2.24, 2.45) is 0 Å². The number of H-pyrrole nitrogens is 2. The number of carbonyl (C=O) groups is 8. The number of hydrogen-bond donors (Lipinski definition) is 4. The Hall–Kier alpha value is -9.26. The zero-order chi connectivity index (χ0) is 52.9. The second-order valence-corrected chi connectivity index (χ2v) is 19.8. The Kier molecular flexibility index (Phi) is 10.2. The number of ether oxygens (including phenoxy) is 2. The molecule has 2 aliphatic carbocycles. The van der Waals surface area contributed by atoms with Crippen molar-refractivity contribution in [3.63, 3.8) is 0 Å². The highest BCUT2D eigenvalue weighted by Gasteiger charge is 2.49. The molecule has 4 aliphatic rings. The van der Waals surface area contributed by atoms with Gasteiger partial charge in [-0.25, -0.2) is 9.80 Å². The van der Waals surface area contributed by atoms with E-state index in [-0.39, 0.29) is 46.8 Å². The average molecular weight is 1020 g/mol. The first-order chi connectivity index (χ1) is 36.6. The second kappa shape index (κ2) is 16.6. The van der Waals surface area contributed by atoms with E-state index in [0.717, 1.165) is 43.3 Å². The summed E-state index contributed by atoms with van der Waals surface area (Å²) in [4.78, 5) is 111. The van der Waals surface area contributed by atoms with Crippen molar-refractivity contribution < 1.29 is 58.0 Å². The number of aliphatic hydroxyl groups excluding tert-OH is 2. The van der Waals surface area contributed by atoms with Crippen LogP contribution in [0.25, 0.3) is 87.2 Å². The number of imide groups is 6. The van der Waals surface area contributed by atoms with Crippen LogP contribution in [0.3, 0.4) is 0 Å². The lowest BCUT2D eigenvalue weighted by molar-refractivity contribution is -0.152. The van der Waals surface area contributed by atoms with Gasteiger partial charge in [-0.2, -0.15) is 0 Å². The monoisotopic (exact) mass is 1020 g/mol. The van der Waals surface area contributed by atoms with Crippen LogP contribution in [-0.2, 0) is 28.7 Å². The van der Waals surface area contributed by atoms with Crippen LogP contribution in [0.1, 0.15) is 94.1 Å². The largest absolute Gasteiger partial charge is 0.460 e. The Morgan fingerprint density at radius 1 is 0.500 bits per heavy atom. The maximum absolute atomic E-state index is 13.7. The predicted molar refractivity (Wildman–Crippen MR) is 280 cm³/mol. The molecule has 6 atom stereocenters. The summed E-state index contributed by atoms with van der Waals surface area (Å²) in [7, 11) is 0. The molecule has 6 amide bonds. The Morgan fingerprint density at radius 3 is 1.39 bits per heavy atom. The van der Waals surface area contributed by atoms with Crippen LogP contribution < -0.4 is 0 Å². The van der Waals surface area contributed by atoms with E-state index in [9.17, 15) is 48.6 Å². The van der Waals surface area contributed by atoms with Crippen LogP contribution in [0.4, 0.5) is 0 Å². The maximum atomic E-state index is 13.7. The third-order valence-corrected chi connectivity index (χ3v) is 15.4. The van der Waals surface area contributed by atoms with Crippen LogP contribution >= 0.6 is 0 Å². The van der Waals surface area contributed by atoms with Crippen LogP contribution in [-0.4, -0.2) is 111 Å². The molecule has 1 fully saturated rings. The molecular weight excluding hydrogens is 973 g/mol. The van der Waals surface area contributed by atoms with Gasteiger partial charge in [-0.15, -0.1) is 0 Å². The molecule has 4 aromatic heterocycles. The first-order valence-electron chi connectivity index (χ1n) is 24.7. The molecule has 0 bridgehead atoms. The molecule has 0 saturated heterocycles. The first-order valence-corrected chi connectivity index (χ1v) is 24.7. The second-order valence-electron chi connectivity index (χ2n) is 19.8. The van der Waals surface area contributed by atoms with E-state index in [1.807, 2.05) is 108 Å². The number of esters is 2. The van der Waals surface area contributed by atoms with E-state index in [1.54, 1.807) is 6.07 Å². The highest BCUT2D eigenvalue weighted by atomic mass is 16.6. The molecule has 0 radical (unpaired) electrons. The Labute approximate surface area is 428 Å². The number of aliphatic hydroxyl groups is 2. The summed E-state index contributed by atoms with van der Waals surface area (Å²) in [5.74, 6) is -4.79. The number of nitrogens with zero attached hydrogens (tertiary/aromatic N) is 4. The number of hydrogen-bond acceptors (Lipinski definition) is 12.